The van der Waals surface area contributed by atoms with Crippen LogP contribution in [0.1, 0.15) is 42.6 Å². The molecule has 1 heterocycles. The van der Waals surface area contributed by atoms with Gasteiger partial charge in [-0.25, -0.2) is 8.42 Å². The molecular formula is C23H30N2O3S2. The predicted octanol–water partition coefficient (Wildman–Crippen LogP) is 4.49. The molecule has 7 heteroatoms. The molecule has 30 heavy (non-hydrogen) atoms. The van der Waals surface area contributed by atoms with Gasteiger partial charge in [-0.3, -0.25) is 4.79 Å². The van der Waals surface area contributed by atoms with Crippen molar-refractivity contribution >= 4 is 27.7 Å². The van der Waals surface area contributed by atoms with Crippen molar-refractivity contribution in [3.05, 3.63) is 59.7 Å². The molecule has 1 fully saturated rings. The molecule has 0 aliphatic carbocycles. The summed E-state index contributed by atoms with van der Waals surface area (Å²) in [6, 6.07) is 14.5. The van der Waals surface area contributed by atoms with Crippen LogP contribution >= 0.6 is 11.8 Å². The monoisotopic (exact) mass is 446 g/mol. The van der Waals surface area contributed by atoms with Crippen LogP contribution in [0, 0.1) is 5.92 Å². The van der Waals surface area contributed by atoms with E-state index in [9.17, 15) is 13.2 Å². The number of sulfonamides is 1. The molecule has 1 amide bonds. The number of carbonyl (C=O) groups excluding carboxylic acids is 1. The van der Waals surface area contributed by atoms with Gasteiger partial charge in [-0.05, 0) is 48.8 Å². The van der Waals surface area contributed by atoms with Crippen molar-refractivity contribution in [3.63, 3.8) is 0 Å². The van der Waals surface area contributed by atoms with Crippen molar-refractivity contribution in [1.82, 2.24) is 9.21 Å². The Morgan fingerprint density at radius 1 is 1.13 bits per heavy atom. The zero-order valence-electron chi connectivity index (χ0n) is 17.9. The van der Waals surface area contributed by atoms with Crippen LogP contribution in [0.25, 0.3) is 0 Å². The fourth-order valence-corrected chi connectivity index (χ4v) is 5.73. The van der Waals surface area contributed by atoms with Crippen molar-refractivity contribution in [2.75, 3.05) is 25.9 Å². The van der Waals surface area contributed by atoms with E-state index in [1.807, 2.05) is 48.4 Å². The zero-order chi connectivity index (χ0) is 21.7. The highest BCUT2D eigenvalue weighted by Gasteiger charge is 2.28. The molecule has 1 aliphatic heterocycles. The number of amides is 1. The van der Waals surface area contributed by atoms with E-state index in [1.165, 1.54) is 16.1 Å². The van der Waals surface area contributed by atoms with Crippen LogP contribution in [0.5, 0.6) is 0 Å². The topological polar surface area (TPSA) is 57.7 Å². The normalized spacial score (nSPS) is 15.5. The highest BCUT2D eigenvalue weighted by molar-refractivity contribution is 7.98. The molecule has 5 nitrogen and oxygen atoms in total. The van der Waals surface area contributed by atoms with Crippen LogP contribution in [-0.2, 0) is 16.6 Å². The van der Waals surface area contributed by atoms with Crippen LogP contribution in [-0.4, -0.2) is 49.4 Å². The van der Waals surface area contributed by atoms with E-state index in [4.69, 9.17) is 0 Å². The SMILES string of the molecule is CCN(Cc1ccccc1)S(=O)(=O)c1ccc(SC)c(C(=O)N2CCC(C)CC2)c1. The first kappa shape index (κ1) is 22.8. The summed E-state index contributed by atoms with van der Waals surface area (Å²) in [5.74, 6) is 0.547. The molecule has 162 valence electrons. The summed E-state index contributed by atoms with van der Waals surface area (Å²) in [5, 5.41) is 0. The highest BCUT2D eigenvalue weighted by atomic mass is 32.2. The molecule has 0 aromatic heterocycles. The zero-order valence-corrected chi connectivity index (χ0v) is 19.5. The average molecular weight is 447 g/mol. The molecule has 0 atom stereocenters. The standard InChI is InChI=1S/C23H30N2O3S2/c1-4-25(17-19-8-6-5-7-9-19)30(27,28)20-10-11-22(29-3)21(16-20)23(26)24-14-12-18(2)13-15-24/h5-11,16,18H,4,12-15,17H2,1-3H3. The number of thioether (sulfide) groups is 1. The summed E-state index contributed by atoms with van der Waals surface area (Å²) in [6.45, 7) is 6.14. The third-order valence-electron chi connectivity index (χ3n) is 5.66. The first-order valence-electron chi connectivity index (χ1n) is 10.4. The largest absolute Gasteiger partial charge is 0.339 e. The molecule has 0 radical (unpaired) electrons. The first-order valence-corrected chi connectivity index (χ1v) is 13.0. The van der Waals surface area contributed by atoms with E-state index in [2.05, 4.69) is 6.92 Å². The number of carbonyl (C=O) groups is 1. The molecule has 0 bridgehead atoms. The van der Waals surface area contributed by atoms with Gasteiger partial charge in [0.2, 0.25) is 10.0 Å². The molecule has 0 spiro atoms. The summed E-state index contributed by atoms with van der Waals surface area (Å²) >= 11 is 1.47. The second kappa shape index (κ2) is 9.98. The Morgan fingerprint density at radius 3 is 2.40 bits per heavy atom. The number of nitrogens with zero attached hydrogens (tertiary/aromatic N) is 2. The minimum absolute atomic E-state index is 0.0746. The summed E-state index contributed by atoms with van der Waals surface area (Å²) in [7, 11) is -3.72. The lowest BCUT2D eigenvalue weighted by Crippen LogP contribution is -2.38. The third kappa shape index (κ3) is 5.07. The molecule has 2 aromatic rings. The van der Waals surface area contributed by atoms with E-state index < -0.39 is 10.0 Å². The van der Waals surface area contributed by atoms with Crippen LogP contribution < -0.4 is 0 Å². The molecule has 1 saturated heterocycles. The van der Waals surface area contributed by atoms with Gasteiger partial charge in [-0.15, -0.1) is 11.8 Å². The van der Waals surface area contributed by atoms with Crippen LogP contribution in [0.2, 0.25) is 0 Å². The maximum absolute atomic E-state index is 13.4. The van der Waals surface area contributed by atoms with Crippen molar-refractivity contribution < 1.29 is 13.2 Å². The second-order valence-electron chi connectivity index (χ2n) is 7.75. The van der Waals surface area contributed by atoms with Crippen molar-refractivity contribution in [2.45, 2.75) is 43.0 Å². The minimum atomic E-state index is -3.72. The molecule has 0 saturated carbocycles. The average Bonchev–Trinajstić information content (AvgIpc) is 2.77. The van der Waals surface area contributed by atoms with Gasteiger partial charge in [0, 0.05) is 31.1 Å². The van der Waals surface area contributed by atoms with Gasteiger partial charge in [-0.1, -0.05) is 44.2 Å². The fourth-order valence-electron chi connectivity index (χ4n) is 3.70. The smallest absolute Gasteiger partial charge is 0.255 e. The van der Waals surface area contributed by atoms with Crippen molar-refractivity contribution in [3.8, 4) is 0 Å². The molecule has 1 aliphatic rings. The molecule has 3 rings (SSSR count). The van der Waals surface area contributed by atoms with Gasteiger partial charge < -0.3 is 4.90 Å². The van der Waals surface area contributed by atoms with Gasteiger partial charge in [0.05, 0.1) is 10.5 Å². The summed E-state index contributed by atoms with van der Waals surface area (Å²) in [6.07, 6.45) is 3.88. The maximum Gasteiger partial charge on any atom is 0.255 e. The van der Waals surface area contributed by atoms with Gasteiger partial charge in [0.25, 0.3) is 5.91 Å². The molecule has 0 N–H and O–H groups in total. The third-order valence-corrected chi connectivity index (χ3v) is 8.38. The fraction of sp³-hybridized carbons (Fsp3) is 0.435. The van der Waals surface area contributed by atoms with Crippen LogP contribution in [0.4, 0.5) is 0 Å². The van der Waals surface area contributed by atoms with Crippen molar-refractivity contribution in [2.24, 2.45) is 5.92 Å². The number of benzene rings is 2. The van der Waals surface area contributed by atoms with Gasteiger partial charge in [0.15, 0.2) is 0 Å². The van der Waals surface area contributed by atoms with Gasteiger partial charge in [0.1, 0.15) is 0 Å². The number of hydrogen-bond acceptors (Lipinski definition) is 4. The number of rotatable bonds is 7. The lowest BCUT2D eigenvalue weighted by Gasteiger charge is -2.31. The van der Waals surface area contributed by atoms with E-state index in [0.29, 0.717) is 24.6 Å². The van der Waals surface area contributed by atoms with E-state index in [0.717, 1.165) is 36.4 Å². The van der Waals surface area contributed by atoms with Crippen LogP contribution in [0.15, 0.2) is 58.3 Å². The van der Waals surface area contributed by atoms with E-state index >= 15 is 0 Å². The van der Waals surface area contributed by atoms with Crippen molar-refractivity contribution in [1.29, 1.82) is 0 Å². The minimum Gasteiger partial charge on any atom is -0.339 e. The highest BCUT2D eigenvalue weighted by Crippen LogP contribution is 2.28. The lowest BCUT2D eigenvalue weighted by molar-refractivity contribution is 0.0693. The van der Waals surface area contributed by atoms with E-state index in [1.54, 1.807) is 18.2 Å². The maximum atomic E-state index is 13.4. The van der Waals surface area contributed by atoms with E-state index in [-0.39, 0.29) is 10.8 Å². The second-order valence-corrected chi connectivity index (χ2v) is 10.5. The summed E-state index contributed by atoms with van der Waals surface area (Å²) in [4.78, 5) is 16.0. The van der Waals surface area contributed by atoms with Gasteiger partial charge >= 0.3 is 0 Å². The predicted molar refractivity (Wildman–Crippen MR) is 122 cm³/mol. The Kier molecular flexibility index (Phi) is 7.60. The Hall–Kier alpha value is -1.83. The molecular weight excluding hydrogens is 416 g/mol. The quantitative estimate of drug-likeness (QED) is 0.588. The number of piperidine rings is 1. The van der Waals surface area contributed by atoms with Crippen LogP contribution in [0.3, 0.4) is 0 Å². The number of likely N-dealkylation sites (tertiary alicyclic amines) is 1. The Morgan fingerprint density at radius 2 is 1.80 bits per heavy atom. The lowest BCUT2D eigenvalue weighted by atomic mass is 9.98. The molecule has 2 aromatic carbocycles. The van der Waals surface area contributed by atoms with Gasteiger partial charge in [-0.2, -0.15) is 4.31 Å². The Bertz CT molecular complexity index is 969. The number of hydrogen-bond donors (Lipinski definition) is 0. The summed E-state index contributed by atoms with van der Waals surface area (Å²) < 4.78 is 28.2. The summed E-state index contributed by atoms with van der Waals surface area (Å²) in [5.41, 5.74) is 1.41. The Balaban J connectivity index is 1.91. The Labute approximate surface area is 184 Å². The molecule has 0 unspecified atom stereocenters. The first-order chi connectivity index (χ1) is 14.4.